The van der Waals surface area contributed by atoms with Crippen LogP contribution in [-0.2, 0) is 21.5 Å². The van der Waals surface area contributed by atoms with Crippen LogP contribution in [0.2, 0.25) is 0 Å². The third-order valence-electron chi connectivity index (χ3n) is 6.37. The highest BCUT2D eigenvalue weighted by atomic mass is 79.9. The molecular formula is C24H24BrN3O2. The molecule has 3 aromatic rings. The predicted octanol–water partition coefficient (Wildman–Crippen LogP) is 4.58. The molecular weight excluding hydrogens is 442 g/mol. The van der Waals surface area contributed by atoms with E-state index in [2.05, 4.69) is 27.0 Å². The van der Waals surface area contributed by atoms with Crippen LogP contribution in [0.1, 0.15) is 37.1 Å². The molecule has 2 aromatic carbocycles. The summed E-state index contributed by atoms with van der Waals surface area (Å²) in [6.07, 6.45) is 1.14. The van der Waals surface area contributed by atoms with E-state index in [1.807, 2.05) is 55.1 Å². The Morgan fingerprint density at radius 2 is 2.00 bits per heavy atom. The molecule has 1 unspecified atom stereocenters. The second-order valence-corrected chi connectivity index (χ2v) is 9.57. The number of nitrogens with one attached hydrogen (secondary N) is 1. The van der Waals surface area contributed by atoms with Crippen LogP contribution in [-0.4, -0.2) is 35.3 Å². The van der Waals surface area contributed by atoms with Gasteiger partial charge < -0.3 is 14.8 Å². The topological polar surface area (TPSA) is 56.4 Å². The number of benzene rings is 2. The zero-order valence-electron chi connectivity index (χ0n) is 17.3. The lowest BCUT2D eigenvalue weighted by Crippen LogP contribution is -2.59. The van der Waals surface area contributed by atoms with E-state index in [0.717, 1.165) is 44.3 Å². The number of H-pyrrole nitrogens is 1. The number of nitrogens with zero attached hydrogens (tertiary/aromatic N) is 2. The van der Waals surface area contributed by atoms with Crippen LogP contribution in [0.25, 0.3) is 10.9 Å². The standard InChI is InChI=1S/C24H24BrN3O2/c1-14(2)12-21(29)28-11-10-17-16-6-4-5-7-19(16)26-22(17)24(28)18-13-15(25)8-9-20(18)27(3)23(24)30/h4-9,13-14,26H,10-12H2,1-3H3. The summed E-state index contributed by atoms with van der Waals surface area (Å²) in [5, 5.41) is 1.13. The first-order valence-electron chi connectivity index (χ1n) is 10.3. The van der Waals surface area contributed by atoms with Gasteiger partial charge in [-0.05, 0) is 42.2 Å². The third-order valence-corrected chi connectivity index (χ3v) is 6.87. The largest absolute Gasteiger partial charge is 0.355 e. The van der Waals surface area contributed by atoms with Gasteiger partial charge in [0.05, 0.1) is 5.69 Å². The first-order valence-corrected chi connectivity index (χ1v) is 11.1. The van der Waals surface area contributed by atoms with Crippen molar-refractivity contribution in [2.45, 2.75) is 32.2 Å². The van der Waals surface area contributed by atoms with E-state index in [-0.39, 0.29) is 17.7 Å². The number of likely N-dealkylation sites (N-methyl/N-ethyl adjacent to an activating group) is 1. The van der Waals surface area contributed by atoms with Crippen molar-refractivity contribution in [1.29, 1.82) is 0 Å². The molecule has 0 bridgehead atoms. The lowest BCUT2D eigenvalue weighted by Gasteiger charge is -2.43. The molecule has 1 aromatic heterocycles. The Morgan fingerprint density at radius 1 is 1.23 bits per heavy atom. The average molecular weight is 466 g/mol. The summed E-state index contributed by atoms with van der Waals surface area (Å²) in [6.45, 7) is 4.60. The minimum Gasteiger partial charge on any atom is -0.355 e. The molecule has 0 saturated heterocycles. The van der Waals surface area contributed by atoms with Gasteiger partial charge in [-0.3, -0.25) is 9.59 Å². The molecule has 0 saturated carbocycles. The number of amides is 2. The molecule has 0 radical (unpaired) electrons. The third kappa shape index (κ3) is 2.46. The maximum atomic E-state index is 14.0. The lowest BCUT2D eigenvalue weighted by atomic mass is 9.79. The summed E-state index contributed by atoms with van der Waals surface area (Å²) in [5.74, 6) is 0.152. The second kappa shape index (κ2) is 6.71. The molecule has 5 nitrogen and oxygen atoms in total. The average Bonchev–Trinajstić information content (AvgIpc) is 3.19. The molecule has 0 fully saturated rings. The first kappa shape index (κ1) is 19.4. The number of halogens is 1. The maximum Gasteiger partial charge on any atom is 0.263 e. The van der Waals surface area contributed by atoms with Gasteiger partial charge in [0.25, 0.3) is 5.91 Å². The van der Waals surface area contributed by atoms with Crippen LogP contribution in [0.5, 0.6) is 0 Å². The van der Waals surface area contributed by atoms with Crippen molar-refractivity contribution in [2.24, 2.45) is 5.92 Å². The van der Waals surface area contributed by atoms with Crippen molar-refractivity contribution in [3.05, 3.63) is 63.8 Å². The fraction of sp³-hybridized carbons (Fsp3) is 0.333. The Bertz CT molecular complexity index is 1200. The fourth-order valence-electron chi connectivity index (χ4n) is 5.13. The van der Waals surface area contributed by atoms with E-state index in [1.54, 1.807) is 11.9 Å². The van der Waals surface area contributed by atoms with Gasteiger partial charge >= 0.3 is 0 Å². The molecule has 154 valence electrons. The van der Waals surface area contributed by atoms with Crippen molar-refractivity contribution in [3.8, 4) is 0 Å². The summed E-state index contributed by atoms with van der Waals surface area (Å²) >= 11 is 3.58. The van der Waals surface area contributed by atoms with Gasteiger partial charge in [-0.15, -0.1) is 0 Å². The van der Waals surface area contributed by atoms with Gasteiger partial charge in [0.1, 0.15) is 0 Å². The van der Waals surface area contributed by atoms with Crippen molar-refractivity contribution in [1.82, 2.24) is 9.88 Å². The van der Waals surface area contributed by atoms with Crippen molar-refractivity contribution >= 4 is 44.3 Å². The zero-order valence-corrected chi connectivity index (χ0v) is 18.9. The Kier molecular flexibility index (Phi) is 4.33. The number of para-hydroxylation sites is 1. The Morgan fingerprint density at radius 3 is 2.77 bits per heavy atom. The highest BCUT2D eigenvalue weighted by Gasteiger charge is 2.60. The van der Waals surface area contributed by atoms with Crippen LogP contribution < -0.4 is 4.90 Å². The molecule has 2 amide bonds. The van der Waals surface area contributed by atoms with Crippen LogP contribution in [0.4, 0.5) is 5.69 Å². The Hall–Kier alpha value is -2.60. The number of aromatic nitrogens is 1. The molecule has 2 aliphatic heterocycles. The molecule has 5 rings (SSSR count). The smallest absolute Gasteiger partial charge is 0.263 e. The molecule has 3 heterocycles. The van der Waals surface area contributed by atoms with Crippen molar-refractivity contribution in [2.75, 3.05) is 18.5 Å². The van der Waals surface area contributed by atoms with E-state index in [1.165, 1.54) is 0 Å². The van der Waals surface area contributed by atoms with E-state index >= 15 is 0 Å². The van der Waals surface area contributed by atoms with Gasteiger partial charge in [-0.2, -0.15) is 0 Å². The molecule has 2 aliphatic rings. The predicted molar refractivity (Wildman–Crippen MR) is 122 cm³/mol. The van der Waals surface area contributed by atoms with Gasteiger partial charge in [-0.25, -0.2) is 0 Å². The maximum absolute atomic E-state index is 14.0. The summed E-state index contributed by atoms with van der Waals surface area (Å²) in [4.78, 5) is 34.5. The van der Waals surface area contributed by atoms with Crippen molar-refractivity contribution in [3.63, 3.8) is 0 Å². The molecule has 0 aliphatic carbocycles. The highest BCUT2D eigenvalue weighted by Crippen LogP contribution is 2.52. The molecule has 30 heavy (non-hydrogen) atoms. The number of aromatic amines is 1. The molecule has 6 heteroatoms. The van der Waals surface area contributed by atoms with Gasteiger partial charge in [0.2, 0.25) is 5.91 Å². The number of carbonyl (C=O) groups excluding carboxylic acids is 2. The van der Waals surface area contributed by atoms with Gasteiger partial charge in [-0.1, -0.05) is 48.0 Å². The highest BCUT2D eigenvalue weighted by molar-refractivity contribution is 9.10. The summed E-state index contributed by atoms with van der Waals surface area (Å²) < 4.78 is 0.892. The monoisotopic (exact) mass is 465 g/mol. The molecule has 1 N–H and O–H groups in total. The van der Waals surface area contributed by atoms with Crippen LogP contribution in [0, 0.1) is 5.92 Å². The SMILES string of the molecule is CC(C)CC(=O)N1CCc2c([nH]c3ccccc23)C12C(=O)N(C)c1ccc(Br)cc12. The Labute approximate surface area is 184 Å². The summed E-state index contributed by atoms with van der Waals surface area (Å²) in [5.41, 5.74) is 3.51. The minimum atomic E-state index is -1.16. The normalized spacial score (nSPS) is 20.4. The van der Waals surface area contributed by atoms with E-state index < -0.39 is 5.54 Å². The van der Waals surface area contributed by atoms with E-state index in [4.69, 9.17) is 0 Å². The van der Waals surface area contributed by atoms with Crippen LogP contribution in [0.15, 0.2) is 46.9 Å². The molecule has 1 spiro atoms. The van der Waals surface area contributed by atoms with Crippen LogP contribution in [0.3, 0.4) is 0 Å². The number of hydrogen-bond donors (Lipinski definition) is 1. The van der Waals surface area contributed by atoms with Gasteiger partial charge in [0.15, 0.2) is 5.54 Å². The summed E-state index contributed by atoms with van der Waals surface area (Å²) in [6, 6.07) is 14.0. The number of anilines is 1. The first-order chi connectivity index (χ1) is 14.4. The van der Waals surface area contributed by atoms with Crippen LogP contribution >= 0.6 is 15.9 Å². The molecule has 1 atom stereocenters. The quantitative estimate of drug-likeness (QED) is 0.601. The number of rotatable bonds is 2. The number of hydrogen-bond acceptors (Lipinski definition) is 2. The fourth-order valence-corrected chi connectivity index (χ4v) is 5.49. The minimum absolute atomic E-state index is 0.0175. The van der Waals surface area contributed by atoms with E-state index in [9.17, 15) is 9.59 Å². The van der Waals surface area contributed by atoms with E-state index in [0.29, 0.717) is 13.0 Å². The zero-order chi connectivity index (χ0) is 21.2. The van der Waals surface area contributed by atoms with Gasteiger partial charge in [0, 0.05) is 46.6 Å². The number of carbonyl (C=O) groups is 2. The second-order valence-electron chi connectivity index (χ2n) is 8.65. The lowest BCUT2D eigenvalue weighted by molar-refractivity contribution is -0.145. The number of fused-ring (bicyclic) bond motifs is 6. The van der Waals surface area contributed by atoms with Crippen molar-refractivity contribution < 1.29 is 9.59 Å². The summed E-state index contributed by atoms with van der Waals surface area (Å²) in [7, 11) is 1.80. The Balaban J connectivity index is 1.85.